The molecule has 0 aromatic heterocycles. The molecule has 2 rings (SSSR count). The Hall–Kier alpha value is -2.60. The van der Waals surface area contributed by atoms with Gasteiger partial charge in [0.1, 0.15) is 0 Å². The molecule has 1 aromatic rings. The Morgan fingerprint density at radius 3 is 2.48 bits per heavy atom. The number of hydrogen-bond acceptors (Lipinski definition) is 5. The van der Waals surface area contributed by atoms with Gasteiger partial charge in [0.15, 0.2) is 0 Å². The van der Waals surface area contributed by atoms with Gasteiger partial charge in [0.2, 0.25) is 5.78 Å². The number of methoxy groups -OCH3 is 1. The van der Waals surface area contributed by atoms with Crippen molar-refractivity contribution in [1.82, 2.24) is 5.32 Å². The van der Waals surface area contributed by atoms with Crippen LogP contribution in [0.4, 0.5) is 16.2 Å². The lowest BCUT2D eigenvalue weighted by Crippen LogP contribution is -2.30. The molecule has 0 aliphatic heterocycles. The van der Waals surface area contributed by atoms with E-state index >= 15 is 0 Å². The summed E-state index contributed by atoms with van der Waals surface area (Å²) in [5, 5.41) is 2.41. The quantitative estimate of drug-likeness (QED) is 0.764. The number of anilines is 1. The molecular weight excluding hydrogens is 366 g/mol. The van der Waals surface area contributed by atoms with Crippen LogP contribution in [0.3, 0.4) is 0 Å². The number of aliphatic imine (C=N–C) groups is 1. The molecule has 1 aliphatic rings. The van der Waals surface area contributed by atoms with Gasteiger partial charge in [-0.2, -0.15) is 0 Å². The fourth-order valence-corrected chi connectivity index (χ4v) is 2.96. The van der Waals surface area contributed by atoms with Crippen molar-refractivity contribution in [2.75, 3.05) is 25.1 Å². The van der Waals surface area contributed by atoms with Crippen LogP contribution >= 0.6 is 11.6 Å². The molecule has 1 aromatic carbocycles. The molecule has 27 heavy (non-hydrogen) atoms. The third-order valence-electron chi connectivity index (χ3n) is 4.41. The molecule has 144 valence electrons. The summed E-state index contributed by atoms with van der Waals surface area (Å²) in [6, 6.07) is 6.04. The minimum Gasteiger partial charge on any atom is -0.453 e. The van der Waals surface area contributed by atoms with Gasteiger partial charge in [-0.05, 0) is 63.1 Å². The van der Waals surface area contributed by atoms with Gasteiger partial charge in [0.25, 0.3) is 0 Å². The van der Waals surface area contributed by atoms with Crippen molar-refractivity contribution >= 4 is 40.6 Å². The number of alkyl carbamates (subject to hydrolysis) is 1. The van der Waals surface area contributed by atoms with Crippen LogP contribution in [0.15, 0.2) is 45.6 Å². The fraction of sp³-hybridized carbons (Fsp3) is 0.350. The first kappa shape index (κ1) is 20.7. The number of rotatable bonds is 5. The highest BCUT2D eigenvalue weighted by Crippen LogP contribution is 2.28. The Bertz CT molecular complexity index is 852. The summed E-state index contributed by atoms with van der Waals surface area (Å²) >= 11 is 6.15. The van der Waals surface area contributed by atoms with Crippen molar-refractivity contribution in [2.24, 2.45) is 4.99 Å². The van der Waals surface area contributed by atoms with Crippen LogP contribution in [-0.2, 0) is 9.53 Å². The van der Waals surface area contributed by atoms with Crippen LogP contribution in [0.25, 0.3) is 0 Å². The number of halogens is 1. The van der Waals surface area contributed by atoms with Gasteiger partial charge >= 0.3 is 6.09 Å². The molecule has 0 heterocycles. The van der Waals surface area contributed by atoms with E-state index in [1.165, 1.54) is 13.2 Å². The van der Waals surface area contributed by atoms with Crippen molar-refractivity contribution in [3.05, 3.63) is 46.1 Å². The van der Waals surface area contributed by atoms with Crippen LogP contribution in [-0.4, -0.2) is 37.8 Å². The summed E-state index contributed by atoms with van der Waals surface area (Å²) in [7, 11) is 1.22. The predicted octanol–water partition coefficient (Wildman–Crippen LogP) is 4.25. The summed E-state index contributed by atoms with van der Waals surface area (Å²) in [5.41, 5.74) is 4.02. The molecule has 7 heteroatoms. The molecule has 0 spiro atoms. The number of benzene rings is 1. The molecule has 1 aliphatic carbocycles. The van der Waals surface area contributed by atoms with Gasteiger partial charge in [-0.1, -0.05) is 11.6 Å². The largest absolute Gasteiger partial charge is 0.453 e. The summed E-state index contributed by atoms with van der Waals surface area (Å²) in [4.78, 5) is 30.6. The molecule has 0 saturated heterocycles. The zero-order valence-electron chi connectivity index (χ0n) is 16.2. The Kier molecular flexibility index (Phi) is 6.80. The van der Waals surface area contributed by atoms with E-state index in [1.54, 1.807) is 6.92 Å². The Balaban J connectivity index is 2.43. The van der Waals surface area contributed by atoms with Gasteiger partial charge in [0, 0.05) is 18.8 Å². The van der Waals surface area contributed by atoms with Crippen LogP contribution < -0.4 is 10.2 Å². The van der Waals surface area contributed by atoms with Gasteiger partial charge < -0.3 is 9.64 Å². The first-order valence-electron chi connectivity index (χ1n) is 8.74. The average Bonchev–Trinajstić information content (AvgIpc) is 2.66. The maximum absolute atomic E-state index is 12.2. The van der Waals surface area contributed by atoms with E-state index in [-0.39, 0.29) is 10.7 Å². The number of ketones is 1. The summed E-state index contributed by atoms with van der Waals surface area (Å²) in [6.45, 7) is 9.79. The zero-order chi connectivity index (χ0) is 20.1. The van der Waals surface area contributed by atoms with Gasteiger partial charge in [-0.3, -0.25) is 10.1 Å². The van der Waals surface area contributed by atoms with Crippen LogP contribution in [0, 0.1) is 6.92 Å². The molecule has 0 fully saturated rings. The lowest BCUT2D eigenvalue weighted by molar-refractivity contribution is -0.112. The second-order valence-electron chi connectivity index (χ2n) is 6.08. The molecule has 0 saturated carbocycles. The number of aryl methyl sites for hydroxylation is 1. The van der Waals surface area contributed by atoms with E-state index in [4.69, 9.17) is 11.6 Å². The standard InChI is InChI=1S/C20H24ClN3O3/c1-6-24(7-2)14-8-9-15(12(3)10-14)22-16-11-17(23-20(26)27-5)19(25)18(21)13(16)4/h8-11H,6-7H2,1-5H3,(H,23,26). The summed E-state index contributed by atoms with van der Waals surface area (Å²) < 4.78 is 4.55. The van der Waals surface area contributed by atoms with E-state index < -0.39 is 11.9 Å². The smallest absolute Gasteiger partial charge is 0.411 e. The number of allylic oxidation sites excluding steroid dienone is 3. The van der Waals surface area contributed by atoms with Crippen molar-refractivity contribution in [1.29, 1.82) is 0 Å². The second-order valence-corrected chi connectivity index (χ2v) is 6.46. The van der Waals surface area contributed by atoms with Gasteiger partial charge in [0.05, 0.1) is 29.2 Å². The molecule has 0 radical (unpaired) electrons. The topological polar surface area (TPSA) is 71.0 Å². The third kappa shape index (κ3) is 4.57. The predicted molar refractivity (Wildman–Crippen MR) is 109 cm³/mol. The molecule has 1 N–H and O–H groups in total. The molecule has 1 amide bonds. The van der Waals surface area contributed by atoms with Crippen LogP contribution in [0.5, 0.6) is 0 Å². The number of carbonyl (C=O) groups excluding carboxylic acids is 2. The monoisotopic (exact) mass is 389 g/mol. The molecule has 0 atom stereocenters. The molecular formula is C20H24ClN3O3. The van der Waals surface area contributed by atoms with Crippen molar-refractivity contribution in [2.45, 2.75) is 27.7 Å². The lowest BCUT2D eigenvalue weighted by atomic mass is 10.0. The second kappa shape index (κ2) is 8.86. The number of nitrogens with one attached hydrogen (secondary N) is 1. The van der Waals surface area contributed by atoms with E-state index in [0.29, 0.717) is 11.3 Å². The number of ether oxygens (including phenoxy) is 1. The van der Waals surface area contributed by atoms with Crippen molar-refractivity contribution in [3.63, 3.8) is 0 Å². The van der Waals surface area contributed by atoms with Crippen LogP contribution in [0.2, 0.25) is 0 Å². The number of hydrogen-bond donors (Lipinski definition) is 1. The lowest BCUT2D eigenvalue weighted by Gasteiger charge is -2.22. The van der Waals surface area contributed by atoms with E-state index in [2.05, 4.69) is 39.9 Å². The van der Waals surface area contributed by atoms with Crippen molar-refractivity contribution < 1.29 is 14.3 Å². The maximum Gasteiger partial charge on any atom is 0.411 e. The van der Waals surface area contributed by atoms with Crippen molar-refractivity contribution in [3.8, 4) is 0 Å². The number of amides is 1. The molecule has 6 nitrogen and oxygen atoms in total. The fourth-order valence-electron chi connectivity index (χ4n) is 2.76. The summed E-state index contributed by atoms with van der Waals surface area (Å²) in [5.74, 6) is -0.466. The molecule has 0 bridgehead atoms. The van der Waals surface area contributed by atoms with E-state index in [1.807, 2.05) is 19.1 Å². The molecule has 0 unspecified atom stereocenters. The summed E-state index contributed by atoms with van der Waals surface area (Å²) in [6.07, 6.45) is 0.774. The highest BCUT2D eigenvalue weighted by molar-refractivity contribution is 6.49. The average molecular weight is 390 g/mol. The highest BCUT2D eigenvalue weighted by atomic mass is 35.5. The SMILES string of the molecule is CCN(CC)c1ccc(N=C2C=C(NC(=O)OC)C(=O)C(Cl)=C2C)c(C)c1. The maximum atomic E-state index is 12.2. The van der Waals surface area contributed by atoms with E-state index in [9.17, 15) is 9.59 Å². The Morgan fingerprint density at radius 2 is 1.93 bits per heavy atom. The number of carbonyl (C=O) groups is 2. The third-order valence-corrected chi connectivity index (χ3v) is 4.87. The van der Waals surface area contributed by atoms with Crippen LogP contribution in [0.1, 0.15) is 26.3 Å². The number of nitrogens with zero attached hydrogens (tertiary/aromatic N) is 2. The Labute approximate surface area is 164 Å². The van der Waals surface area contributed by atoms with Gasteiger partial charge in [-0.25, -0.2) is 9.79 Å². The normalized spacial score (nSPS) is 15.7. The highest BCUT2D eigenvalue weighted by Gasteiger charge is 2.25. The first-order valence-corrected chi connectivity index (χ1v) is 9.12. The van der Waals surface area contributed by atoms with Gasteiger partial charge in [-0.15, -0.1) is 0 Å². The number of Topliss-reactive ketones (excluding diaryl/α,β-unsaturated/α-hetero) is 1. The minimum atomic E-state index is -0.738. The Morgan fingerprint density at radius 1 is 1.26 bits per heavy atom. The minimum absolute atomic E-state index is 0.0278. The van der Waals surface area contributed by atoms with E-state index in [0.717, 1.165) is 30.0 Å². The zero-order valence-corrected chi connectivity index (χ0v) is 17.0. The first-order chi connectivity index (χ1) is 12.8.